The van der Waals surface area contributed by atoms with Gasteiger partial charge in [0.15, 0.2) is 0 Å². The van der Waals surface area contributed by atoms with E-state index in [0.29, 0.717) is 10.6 Å². The molecule has 0 aliphatic carbocycles. The molecule has 4 N–H and O–H groups in total. The lowest BCUT2D eigenvalue weighted by Crippen LogP contribution is -2.33. The largest absolute Gasteiger partial charge is 0.326 e. The van der Waals surface area contributed by atoms with Crippen LogP contribution in [0.1, 0.15) is 24.9 Å². The SMILES string of the molecule is CCC(N)C(N)c1ccc(F)cc1Cl. The van der Waals surface area contributed by atoms with Crippen molar-refractivity contribution in [3.8, 4) is 0 Å². The van der Waals surface area contributed by atoms with E-state index in [-0.39, 0.29) is 17.9 Å². The number of rotatable bonds is 3. The van der Waals surface area contributed by atoms with Crippen LogP contribution in [0.25, 0.3) is 0 Å². The smallest absolute Gasteiger partial charge is 0.124 e. The highest BCUT2D eigenvalue weighted by atomic mass is 35.5. The zero-order valence-corrected chi connectivity index (χ0v) is 8.76. The van der Waals surface area contributed by atoms with Crippen LogP contribution in [0.2, 0.25) is 5.02 Å². The first-order chi connectivity index (χ1) is 6.56. The molecule has 0 fully saturated rings. The van der Waals surface area contributed by atoms with Crippen molar-refractivity contribution < 1.29 is 4.39 Å². The van der Waals surface area contributed by atoms with Gasteiger partial charge in [-0.3, -0.25) is 0 Å². The second-order valence-electron chi connectivity index (χ2n) is 3.26. The zero-order valence-electron chi connectivity index (χ0n) is 8.00. The second kappa shape index (κ2) is 4.73. The molecule has 1 aromatic rings. The van der Waals surface area contributed by atoms with Gasteiger partial charge in [-0.2, -0.15) is 0 Å². The van der Waals surface area contributed by atoms with E-state index in [2.05, 4.69) is 0 Å². The Morgan fingerprint density at radius 2 is 2.07 bits per heavy atom. The van der Waals surface area contributed by atoms with E-state index in [9.17, 15) is 4.39 Å². The summed E-state index contributed by atoms with van der Waals surface area (Å²) in [5, 5.41) is 0.335. The Balaban J connectivity index is 2.95. The van der Waals surface area contributed by atoms with Crippen LogP contribution in [-0.2, 0) is 0 Å². The summed E-state index contributed by atoms with van der Waals surface area (Å²) in [5.74, 6) is -0.365. The molecule has 78 valence electrons. The highest BCUT2D eigenvalue weighted by Crippen LogP contribution is 2.24. The normalized spacial score (nSPS) is 15.2. The van der Waals surface area contributed by atoms with E-state index in [1.54, 1.807) is 6.07 Å². The molecule has 0 aliphatic heterocycles. The first kappa shape index (κ1) is 11.4. The third kappa shape index (κ3) is 2.44. The second-order valence-corrected chi connectivity index (χ2v) is 3.67. The van der Waals surface area contributed by atoms with Crippen molar-refractivity contribution in [2.45, 2.75) is 25.4 Å². The van der Waals surface area contributed by atoms with Gasteiger partial charge in [-0.05, 0) is 24.1 Å². The van der Waals surface area contributed by atoms with Gasteiger partial charge in [-0.25, -0.2) is 4.39 Å². The fourth-order valence-electron chi connectivity index (χ4n) is 1.26. The Hall–Kier alpha value is -0.640. The van der Waals surface area contributed by atoms with Crippen LogP contribution < -0.4 is 11.5 Å². The Kier molecular flexibility index (Phi) is 3.86. The zero-order chi connectivity index (χ0) is 10.7. The van der Waals surface area contributed by atoms with Crippen molar-refractivity contribution in [2.75, 3.05) is 0 Å². The summed E-state index contributed by atoms with van der Waals surface area (Å²) in [7, 11) is 0. The lowest BCUT2D eigenvalue weighted by molar-refractivity contribution is 0.531. The van der Waals surface area contributed by atoms with Gasteiger partial charge in [0, 0.05) is 17.1 Å². The topological polar surface area (TPSA) is 52.0 Å². The summed E-state index contributed by atoms with van der Waals surface area (Å²) in [6, 6.07) is 3.67. The minimum atomic E-state index is -0.365. The molecule has 14 heavy (non-hydrogen) atoms. The molecule has 0 amide bonds. The van der Waals surface area contributed by atoms with E-state index in [4.69, 9.17) is 23.1 Å². The highest BCUT2D eigenvalue weighted by molar-refractivity contribution is 6.31. The molecule has 1 rings (SSSR count). The molecule has 0 heterocycles. The van der Waals surface area contributed by atoms with Crippen molar-refractivity contribution in [3.05, 3.63) is 34.6 Å². The number of halogens is 2. The third-order valence-electron chi connectivity index (χ3n) is 2.25. The van der Waals surface area contributed by atoms with Gasteiger partial charge in [0.1, 0.15) is 5.82 Å². The first-order valence-electron chi connectivity index (χ1n) is 4.52. The molecule has 0 bridgehead atoms. The van der Waals surface area contributed by atoms with Crippen LogP contribution in [-0.4, -0.2) is 6.04 Å². The number of nitrogens with two attached hydrogens (primary N) is 2. The molecule has 0 saturated heterocycles. The number of benzene rings is 1. The molecule has 0 spiro atoms. The van der Waals surface area contributed by atoms with E-state index < -0.39 is 0 Å². The van der Waals surface area contributed by atoms with Gasteiger partial charge in [0.2, 0.25) is 0 Å². The summed E-state index contributed by atoms with van der Waals surface area (Å²) >= 11 is 5.85. The third-order valence-corrected chi connectivity index (χ3v) is 2.58. The number of hydrogen-bond acceptors (Lipinski definition) is 2. The van der Waals surface area contributed by atoms with Crippen molar-refractivity contribution >= 4 is 11.6 Å². The first-order valence-corrected chi connectivity index (χ1v) is 4.90. The number of hydrogen-bond donors (Lipinski definition) is 2. The molecule has 0 aromatic heterocycles. The van der Waals surface area contributed by atoms with Crippen molar-refractivity contribution in [1.82, 2.24) is 0 Å². The Morgan fingerprint density at radius 3 is 2.57 bits per heavy atom. The molecule has 0 radical (unpaired) electrons. The maximum Gasteiger partial charge on any atom is 0.124 e. The van der Waals surface area contributed by atoms with Crippen LogP contribution in [0, 0.1) is 5.82 Å². The predicted molar refractivity (Wildman–Crippen MR) is 56.6 cm³/mol. The van der Waals surface area contributed by atoms with Gasteiger partial charge < -0.3 is 11.5 Å². The summed E-state index contributed by atoms with van der Waals surface area (Å²) < 4.78 is 12.7. The van der Waals surface area contributed by atoms with Gasteiger partial charge in [-0.1, -0.05) is 24.6 Å². The lowest BCUT2D eigenvalue weighted by atomic mass is 9.99. The summed E-state index contributed by atoms with van der Waals surface area (Å²) in [6.45, 7) is 1.95. The van der Waals surface area contributed by atoms with E-state index in [1.807, 2.05) is 6.92 Å². The van der Waals surface area contributed by atoms with E-state index >= 15 is 0 Å². The molecule has 0 aliphatic rings. The molecular formula is C10H14ClFN2. The fraction of sp³-hybridized carbons (Fsp3) is 0.400. The maximum atomic E-state index is 12.7. The van der Waals surface area contributed by atoms with E-state index in [1.165, 1.54) is 12.1 Å². The molecule has 2 unspecified atom stereocenters. The summed E-state index contributed by atoms with van der Waals surface area (Å²) in [5.41, 5.74) is 12.3. The standard InChI is InChI=1S/C10H14ClFN2/c1-2-9(13)10(14)7-4-3-6(12)5-8(7)11/h3-5,9-10H,2,13-14H2,1H3. The minimum Gasteiger partial charge on any atom is -0.326 e. The molecule has 0 saturated carbocycles. The van der Waals surface area contributed by atoms with Crippen LogP contribution in [0.5, 0.6) is 0 Å². The van der Waals surface area contributed by atoms with Crippen molar-refractivity contribution in [1.29, 1.82) is 0 Å². The van der Waals surface area contributed by atoms with E-state index in [0.717, 1.165) is 6.42 Å². The molecule has 2 atom stereocenters. The van der Waals surface area contributed by atoms with Crippen LogP contribution in [0.3, 0.4) is 0 Å². The average molecular weight is 217 g/mol. The Morgan fingerprint density at radius 1 is 1.43 bits per heavy atom. The van der Waals surface area contributed by atoms with Gasteiger partial charge >= 0.3 is 0 Å². The maximum absolute atomic E-state index is 12.7. The highest BCUT2D eigenvalue weighted by Gasteiger charge is 2.16. The predicted octanol–water partition coefficient (Wildman–Crippen LogP) is 2.22. The van der Waals surface area contributed by atoms with Gasteiger partial charge in [0.25, 0.3) is 0 Å². The average Bonchev–Trinajstić information content (AvgIpc) is 2.15. The fourth-order valence-corrected chi connectivity index (χ4v) is 1.55. The summed E-state index contributed by atoms with van der Waals surface area (Å²) in [4.78, 5) is 0. The Bertz CT molecular complexity index is 317. The molecular weight excluding hydrogens is 203 g/mol. The van der Waals surface area contributed by atoms with Crippen LogP contribution in [0.4, 0.5) is 4.39 Å². The van der Waals surface area contributed by atoms with Crippen LogP contribution >= 0.6 is 11.6 Å². The van der Waals surface area contributed by atoms with Crippen molar-refractivity contribution in [3.63, 3.8) is 0 Å². The molecule has 1 aromatic carbocycles. The summed E-state index contributed by atoms with van der Waals surface area (Å²) in [6.07, 6.45) is 0.759. The monoisotopic (exact) mass is 216 g/mol. The Labute approximate surface area is 88.0 Å². The molecule has 4 heteroatoms. The minimum absolute atomic E-state index is 0.155. The molecule has 2 nitrogen and oxygen atoms in total. The lowest BCUT2D eigenvalue weighted by Gasteiger charge is -2.19. The van der Waals surface area contributed by atoms with Crippen molar-refractivity contribution in [2.24, 2.45) is 11.5 Å². The van der Waals surface area contributed by atoms with Gasteiger partial charge in [-0.15, -0.1) is 0 Å². The quantitative estimate of drug-likeness (QED) is 0.814. The van der Waals surface area contributed by atoms with Gasteiger partial charge in [0.05, 0.1) is 0 Å². The van der Waals surface area contributed by atoms with Crippen LogP contribution in [0.15, 0.2) is 18.2 Å².